The van der Waals surface area contributed by atoms with Gasteiger partial charge in [-0.3, -0.25) is 4.98 Å². The van der Waals surface area contributed by atoms with Gasteiger partial charge in [-0.05, 0) is 37.3 Å². The first-order chi connectivity index (χ1) is 9.65. The van der Waals surface area contributed by atoms with Crippen LogP contribution in [0, 0.1) is 0 Å². The third kappa shape index (κ3) is 2.85. The fourth-order valence-corrected chi connectivity index (χ4v) is 3.28. The number of nitrogen functional groups attached to an aromatic ring is 1. The lowest BCUT2D eigenvalue weighted by molar-refractivity contribution is 0.575. The summed E-state index contributed by atoms with van der Waals surface area (Å²) in [6.07, 6.45) is 8.16. The van der Waals surface area contributed by atoms with Crippen molar-refractivity contribution in [1.82, 2.24) is 4.98 Å². The SMILES string of the molecule is CCC(CC)(CNc1ccc(N)c2cnccc12)SC. The normalized spacial score (nSPS) is 11.8. The lowest BCUT2D eigenvalue weighted by Gasteiger charge is -2.30. The second-order valence-corrected chi connectivity index (χ2v) is 6.35. The van der Waals surface area contributed by atoms with Crippen LogP contribution in [-0.4, -0.2) is 22.5 Å². The fourth-order valence-electron chi connectivity index (χ4n) is 2.48. The molecule has 0 aliphatic rings. The molecule has 0 saturated carbocycles. The first-order valence-corrected chi connectivity index (χ1v) is 8.29. The zero-order valence-corrected chi connectivity index (χ0v) is 13.3. The lowest BCUT2D eigenvalue weighted by Crippen LogP contribution is -2.32. The molecule has 1 aromatic carbocycles. The van der Waals surface area contributed by atoms with E-state index in [1.807, 2.05) is 36.3 Å². The van der Waals surface area contributed by atoms with Crippen LogP contribution in [0.15, 0.2) is 30.6 Å². The molecule has 0 radical (unpaired) electrons. The molecule has 0 aliphatic heterocycles. The summed E-state index contributed by atoms with van der Waals surface area (Å²) in [5.74, 6) is 0. The molecular weight excluding hydrogens is 266 g/mol. The van der Waals surface area contributed by atoms with Crippen LogP contribution in [0.25, 0.3) is 10.8 Å². The minimum atomic E-state index is 0.292. The second kappa shape index (κ2) is 6.35. The summed E-state index contributed by atoms with van der Waals surface area (Å²) in [7, 11) is 0. The molecule has 4 heteroatoms. The largest absolute Gasteiger partial charge is 0.398 e. The Morgan fingerprint density at radius 2 is 1.95 bits per heavy atom. The van der Waals surface area contributed by atoms with Gasteiger partial charge in [0.25, 0.3) is 0 Å². The average Bonchev–Trinajstić information content (AvgIpc) is 2.51. The van der Waals surface area contributed by atoms with Crippen LogP contribution in [0.2, 0.25) is 0 Å². The number of benzene rings is 1. The zero-order chi connectivity index (χ0) is 14.6. The molecule has 2 rings (SSSR count). The summed E-state index contributed by atoms with van der Waals surface area (Å²) in [4.78, 5) is 4.16. The number of fused-ring (bicyclic) bond motifs is 1. The minimum absolute atomic E-state index is 0.292. The predicted octanol–water partition coefficient (Wildman–Crippen LogP) is 4.15. The Labute approximate surface area is 125 Å². The van der Waals surface area contributed by atoms with Crippen molar-refractivity contribution < 1.29 is 0 Å². The summed E-state index contributed by atoms with van der Waals surface area (Å²) >= 11 is 1.95. The zero-order valence-electron chi connectivity index (χ0n) is 12.4. The van der Waals surface area contributed by atoms with E-state index in [0.717, 1.165) is 41.5 Å². The molecule has 0 fully saturated rings. The molecule has 0 bridgehead atoms. The van der Waals surface area contributed by atoms with Gasteiger partial charge < -0.3 is 11.1 Å². The van der Waals surface area contributed by atoms with Crippen LogP contribution in [0.3, 0.4) is 0 Å². The molecule has 0 unspecified atom stereocenters. The van der Waals surface area contributed by atoms with E-state index >= 15 is 0 Å². The number of pyridine rings is 1. The van der Waals surface area contributed by atoms with Gasteiger partial charge in [0.2, 0.25) is 0 Å². The standard InChI is InChI=1S/C16H23N3S/c1-4-16(5-2,20-3)11-19-15-7-6-14(17)13-10-18-9-8-12(13)15/h6-10,19H,4-5,11,17H2,1-3H3. The number of thioether (sulfide) groups is 1. The molecule has 0 atom stereocenters. The quantitative estimate of drug-likeness (QED) is 0.784. The molecule has 2 aromatic rings. The van der Waals surface area contributed by atoms with Crippen LogP contribution >= 0.6 is 11.8 Å². The Morgan fingerprint density at radius 3 is 2.60 bits per heavy atom. The molecule has 1 heterocycles. The molecule has 0 aliphatic carbocycles. The van der Waals surface area contributed by atoms with Gasteiger partial charge in [-0.25, -0.2) is 0 Å². The van der Waals surface area contributed by atoms with Gasteiger partial charge in [0.15, 0.2) is 0 Å². The third-order valence-electron chi connectivity index (χ3n) is 4.17. The molecule has 0 amide bonds. The van der Waals surface area contributed by atoms with E-state index in [1.165, 1.54) is 0 Å². The summed E-state index contributed by atoms with van der Waals surface area (Å²) in [6, 6.07) is 6.03. The van der Waals surface area contributed by atoms with E-state index in [-0.39, 0.29) is 0 Å². The van der Waals surface area contributed by atoms with Gasteiger partial charge in [0.05, 0.1) is 0 Å². The fraction of sp³-hybridized carbons (Fsp3) is 0.438. The van der Waals surface area contributed by atoms with Gasteiger partial charge >= 0.3 is 0 Å². The maximum absolute atomic E-state index is 6.01. The first-order valence-electron chi connectivity index (χ1n) is 7.07. The number of aromatic nitrogens is 1. The topological polar surface area (TPSA) is 50.9 Å². The summed E-state index contributed by atoms with van der Waals surface area (Å²) in [6.45, 7) is 5.47. The highest BCUT2D eigenvalue weighted by Crippen LogP contribution is 2.33. The highest BCUT2D eigenvalue weighted by atomic mass is 32.2. The molecule has 0 saturated heterocycles. The van der Waals surface area contributed by atoms with Crippen LogP contribution in [0.4, 0.5) is 11.4 Å². The smallest absolute Gasteiger partial charge is 0.0423 e. The number of anilines is 2. The molecular formula is C16H23N3S. The van der Waals surface area contributed by atoms with Crippen molar-refractivity contribution in [3.63, 3.8) is 0 Å². The van der Waals surface area contributed by atoms with E-state index < -0.39 is 0 Å². The summed E-state index contributed by atoms with van der Waals surface area (Å²) in [5.41, 5.74) is 7.93. The van der Waals surface area contributed by atoms with Crippen molar-refractivity contribution in [2.24, 2.45) is 0 Å². The lowest BCUT2D eigenvalue weighted by atomic mass is 10.0. The van der Waals surface area contributed by atoms with Gasteiger partial charge in [-0.2, -0.15) is 11.8 Å². The predicted molar refractivity (Wildman–Crippen MR) is 91.5 cm³/mol. The van der Waals surface area contributed by atoms with Crippen LogP contribution in [0.1, 0.15) is 26.7 Å². The number of nitrogens with zero attached hydrogens (tertiary/aromatic N) is 1. The maximum Gasteiger partial charge on any atom is 0.0423 e. The van der Waals surface area contributed by atoms with Crippen LogP contribution < -0.4 is 11.1 Å². The van der Waals surface area contributed by atoms with Gasteiger partial charge in [-0.1, -0.05) is 13.8 Å². The Kier molecular flexibility index (Phi) is 4.76. The Hall–Kier alpha value is -1.42. The molecule has 3 nitrogen and oxygen atoms in total. The Morgan fingerprint density at radius 1 is 1.20 bits per heavy atom. The van der Waals surface area contributed by atoms with Crippen LogP contribution in [-0.2, 0) is 0 Å². The third-order valence-corrected chi connectivity index (χ3v) is 5.76. The first kappa shape index (κ1) is 15.0. The molecule has 20 heavy (non-hydrogen) atoms. The van der Waals surface area contributed by atoms with Crippen molar-refractivity contribution in [2.75, 3.05) is 23.9 Å². The van der Waals surface area contributed by atoms with Gasteiger partial charge in [0.1, 0.15) is 0 Å². The highest BCUT2D eigenvalue weighted by Gasteiger charge is 2.24. The number of rotatable bonds is 6. The van der Waals surface area contributed by atoms with E-state index in [0.29, 0.717) is 4.75 Å². The van der Waals surface area contributed by atoms with E-state index in [4.69, 9.17) is 5.73 Å². The van der Waals surface area contributed by atoms with Crippen molar-refractivity contribution in [3.05, 3.63) is 30.6 Å². The second-order valence-electron chi connectivity index (χ2n) is 5.07. The summed E-state index contributed by atoms with van der Waals surface area (Å²) in [5, 5.41) is 5.76. The van der Waals surface area contributed by atoms with E-state index in [1.54, 1.807) is 0 Å². The van der Waals surface area contributed by atoms with Gasteiger partial charge in [-0.15, -0.1) is 0 Å². The molecule has 108 valence electrons. The number of hydrogen-bond acceptors (Lipinski definition) is 4. The Balaban J connectivity index is 2.29. The highest BCUT2D eigenvalue weighted by molar-refractivity contribution is 8.00. The summed E-state index contributed by atoms with van der Waals surface area (Å²) < 4.78 is 0.292. The number of nitrogens with two attached hydrogens (primary N) is 1. The molecule has 1 aromatic heterocycles. The van der Waals surface area contributed by atoms with Crippen molar-refractivity contribution in [1.29, 1.82) is 0 Å². The Bertz CT molecular complexity index is 571. The monoisotopic (exact) mass is 289 g/mol. The maximum atomic E-state index is 6.01. The number of nitrogens with one attached hydrogen (secondary N) is 1. The number of hydrogen-bond donors (Lipinski definition) is 2. The minimum Gasteiger partial charge on any atom is -0.398 e. The average molecular weight is 289 g/mol. The van der Waals surface area contributed by atoms with Crippen molar-refractivity contribution >= 4 is 33.9 Å². The van der Waals surface area contributed by atoms with Gasteiger partial charge in [0, 0.05) is 45.8 Å². The molecule has 0 spiro atoms. The van der Waals surface area contributed by atoms with E-state index in [9.17, 15) is 0 Å². The molecule has 3 N–H and O–H groups in total. The van der Waals surface area contributed by atoms with Crippen molar-refractivity contribution in [3.8, 4) is 0 Å². The van der Waals surface area contributed by atoms with Crippen LogP contribution in [0.5, 0.6) is 0 Å². The van der Waals surface area contributed by atoms with Crippen molar-refractivity contribution in [2.45, 2.75) is 31.4 Å². The van der Waals surface area contributed by atoms with E-state index in [2.05, 4.69) is 36.5 Å².